The molecule has 0 spiro atoms. The molecule has 0 saturated heterocycles. The summed E-state index contributed by atoms with van der Waals surface area (Å²) in [6.07, 6.45) is 0.938. The monoisotopic (exact) mass is 212 g/mol. The highest BCUT2D eigenvalue weighted by molar-refractivity contribution is 5.66. The van der Waals surface area contributed by atoms with Crippen LogP contribution < -0.4 is 0 Å². The molecule has 1 N–H and O–H groups in total. The van der Waals surface area contributed by atoms with Gasteiger partial charge in [-0.15, -0.1) is 0 Å². The standard InChI is InChI=1S/C10H12O5/c11-7-14-6-5-9-2-1-8(15-9)3-4-10(12)13/h1-2,7H,3-6H2,(H,12,13). The molecule has 15 heavy (non-hydrogen) atoms. The van der Waals surface area contributed by atoms with Crippen LogP contribution in [0, 0.1) is 0 Å². The van der Waals surface area contributed by atoms with Crippen molar-refractivity contribution in [2.45, 2.75) is 19.3 Å². The molecule has 0 fully saturated rings. The zero-order valence-corrected chi connectivity index (χ0v) is 8.14. The largest absolute Gasteiger partial charge is 0.481 e. The maximum absolute atomic E-state index is 10.3. The van der Waals surface area contributed by atoms with Gasteiger partial charge in [0.05, 0.1) is 13.0 Å². The van der Waals surface area contributed by atoms with Crippen LogP contribution in [0.3, 0.4) is 0 Å². The molecular weight excluding hydrogens is 200 g/mol. The zero-order chi connectivity index (χ0) is 11.1. The van der Waals surface area contributed by atoms with E-state index < -0.39 is 5.97 Å². The normalized spacial score (nSPS) is 9.87. The molecule has 0 amide bonds. The van der Waals surface area contributed by atoms with Crippen LogP contribution in [-0.4, -0.2) is 24.2 Å². The van der Waals surface area contributed by atoms with E-state index in [2.05, 4.69) is 4.74 Å². The number of hydrogen-bond acceptors (Lipinski definition) is 4. The summed E-state index contributed by atoms with van der Waals surface area (Å²) in [5.74, 6) is 0.480. The first-order chi connectivity index (χ1) is 7.22. The Balaban J connectivity index is 2.35. The molecule has 0 aromatic carbocycles. The summed E-state index contributed by atoms with van der Waals surface area (Å²) in [5, 5.41) is 8.45. The summed E-state index contributed by atoms with van der Waals surface area (Å²) in [6.45, 7) is 0.656. The molecular formula is C10H12O5. The second-order valence-corrected chi connectivity index (χ2v) is 2.98. The third kappa shape index (κ3) is 4.30. The van der Waals surface area contributed by atoms with E-state index in [0.29, 0.717) is 30.8 Å². The Kier molecular flexibility index (Phi) is 4.40. The van der Waals surface area contributed by atoms with Gasteiger partial charge in [0.1, 0.15) is 11.5 Å². The molecule has 1 rings (SSSR count). The Bertz CT molecular complexity index is 328. The van der Waals surface area contributed by atoms with Crippen molar-refractivity contribution < 1.29 is 23.8 Å². The van der Waals surface area contributed by atoms with Crippen molar-refractivity contribution in [2.24, 2.45) is 0 Å². The lowest BCUT2D eigenvalue weighted by Gasteiger charge is -1.95. The number of furan rings is 1. The Morgan fingerprint density at radius 1 is 1.40 bits per heavy atom. The van der Waals surface area contributed by atoms with Gasteiger partial charge in [0.25, 0.3) is 6.47 Å². The molecule has 0 aliphatic carbocycles. The Morgan fingerprint density at radius 2 is 2.07 bits per heavy atom. The molecule has 0 aliphatic heterocycles. The van der Waals surface area contributed by atoms with Crippen LogP contribution in [0.1, 0.15) is 17.9 Å². The van der Waals surface area contributed by atoms with E-state index in [4.69, 9.17) is 9.52 Å². The number of aliphatic carboxylic acids is 1. The number of carboxylic acid groups (broad SMARTS) is 1. The number of carboxylic acids is 1. The highest BCUT2D eigenvalue weighted by atomic mass is 16.5. The van der Waals surface area contributed by atoms with Gasteiger partial charge in [-0.2, -0.15) is 0 Å². The number of ether oxygens (including phenoxy) is 1. The van der Waals surface area contributed by atoms with Crippen molar-refractivity contribution in [3.05, 3.63) is 23.7 Å². The van der Waals surface area contributed by atoms with Crippen LogP contribution in [0.2, 0.25) is 0 Å². The summed E-state index contributed by atoms with van der Waals surface area (Å²) in [7, 11) is 0. The highest BCUT2D eigenvalue weighted by Crippen LogP contribution is 2.10. The van der Waals surface area contributed by atoms with E-state index in [0.717, 1.165) is 0 Å². The molecule has 0 aliphatic rings. The highest BCUT2D eigenvalue weighted by Gasteiger charge is 2.04. The number of aryl methyl sites for hydroxylation is 1. The average Bonchev–Trinajstić information content (AvgIpc) is 2.63. The van der Waals surface area contributed by atoms with Gasteiger partial charge < -0.3 is 14.3 Å². The molecule has 82 valence electrons. The molecule has 5 heteroatoms. The van der Waals surface area contributed by atoms with Crippen LogP contribution in [0.5, 0.6) is 0 Å². The van der Waals surface area contributed by atoms with E-state index in [1.807, 2.05) is 0 Å². The van der Waals surface area contributed by atoms with Crippen molar-refractivity contribution in [1.82, 2.24) is 0 Å². The molecule has 0 atom stereocenters. The molecule has 0 unspecified atom stereocenters. The number of hydrogen-bond donors (Lipinski definition) is 1. The van der Waals surface area contributed by atoms with Crippen molar-refractivity contribution in [2.75, 3.05) is 6.61 Å². The van der Waals surface area contributed by atoms with Crippen LogP contribution >= 0.6 is 0 Å². The van der Waals surface area contributed by atoms with E-state index >= 15 is 0 Å². The van der Waals surface area contributed by atoms with Crippen LogP contribution in [-0.2, 0) is 27.2 Å². The summed E-state index contributed by atoms with van der Waals surface area (Å²) >= 11 is 0. The van der Waals surface area contributed by atoms with E-state index in [-0.39, 0.29) is 13.0 Å². The minimum atomic E-state index is -0.850. The van der Waals surface area contributed by atoms with Crippen molar-refractivity contribution in [3.63, 3.8) is 0 Å². The predicted molar refractivity (Wildman–Crippen MR) is 50.4 cm³/mol. The van der Waals surface area contributed by atoms with Gasteiger partial charge in [0.2, 0.25) is 0 Å². The molecule has 5 nitrogen and oxygen atoms in total. The van der Waals surface area contributed by atoms with E-state index in [9.17, 15) is 9.59 Å². The van der Waals surface area contributed by atoms with Crippen molar-refractivity contribution in [1.29, 1.82) is 0 Å². The maximum atomic E-state index is 10.3. The third-order valence-corrected chi connectivity index (χ3v) is 1.84. The van der Waals surface area contributed by atoms with Gasteiger partial charge in [-0.3, -0.25) is 9.59 Å². The van der Waals surface area contributed by atoms with E-state index in [1.165, 1.54) is 0 Å². The summed E-state index contributed by atoms with van der Waals surface area (Å²) in [6, 6.07) is 3.49. The number of carbonyl (C=O) groups is 2. The minimum Gasteiger partial charge on any atom is -0.481 e. The lowest BCUT2D eigenvalue weighted by Crippen LogP contribution is -1.96. The van der Waals surface area contributed by atoms with Gasteiger partial charge in [0, 0.05) is 12.8 Å². The van der Waals surface area contributed by atoms with Crippen LogP contribution in [0.4, 0.5) is 0 Å². The fraction of sp³-hybridized carbons (Fsp3) is 0.400. The topological polar surface area (TPSA) is 76.7 Å². The molecule has 1 aromatic rings. The Morgan fingerprint density at radius 3 is 2.67 bits per heavy atom. The molecule has 0 saturated carbocycles. The minimum absolute atomic E-state index is 0.0534. The second kappa shape index (κ2) is 5.85. The first-order valence-electron chi connectivity index (χ1n) is 4.57. The Hall–Kier alpha value is -1.78. The second-order valence-electron chi connectivity index (χ2n) is 2.98. The van der Waals surface area contributed by atoms with Gasteiger partial charge in [-0.25, -0.2) is 0 Å². The van der Waals surface area contributed by atoms with Crippen LogP contribution in [0.15, 0.2) is 16.5 Å². The quantitative estimate of drug-likeness (QED) is 0.539. The zero-order valence-electron chi connectivity index (χ0n) is 8.14. The lowest BCUT2D eigenvalue weighted by molar-refractivity contribution is -0.137. The smallest absolute Gasteiger partial charge is 0.303 e. The summed E-state index contributed by atoms with van der Waals surface area (Å²) in [5.41, 5.74) is 0. The third-order valence-electron chi connectivity index (χ3n) is 1.84. The number of carbonyl (C=O) groups excluding carboxylic acids is 1. The van der Waals surface area contributed by atoms with Gasteiger partial charge in [0.15, 0.2) is 0 Å². The van der Waals surface area contributed by atoms with Crippen molar-refractivity contribution in [3.8, 4) is 0 Å². The first-order valence-corrected chi connectivity index (χ1v) is 4.57. The average molecular weight is 212 g/mol. The van der Waals surface area contributed by atoms with Crippen molar-refractivity contribution >= 4 is 12.4 Å². The predicted octanol–water partition coefficient (Wildman–Crippen LogP) is 1.01. The fourth-order valence-corrected chi connectivity index (χ4v) is 1.13. The molecule has 1 aromatic heterocycles. The molecule has 0 bridgehead atoms. The lowest BCUT2D eigenvalue weighted by atomic mass is 10.2. The molecule has 1 heterocycles. The van der Waals surface area contributed by atoms with Gasteiger partial charge in [-0.05, 0) is 12.1 Å². The van der Waals surface area contributed by atoms with E-state index in [1.54, 1.807) is 12.1 Å². The summed E-state index contributed by atoms with van der Waals surface area (Å²) < 4.78 is 9.83. The van der Waals surface area contributed by atoms with Gasteiger partial charge in [-0.1, -0.05) is 0 Å². The SMILES string of the molecule is O=COCCc1ccc(CCC(=O)O)o1. The molecule has 0 radical (unpaired) electrons. The maximum Gasteiger partial charge on any atom is 0.303 e. The van der Waals surface area contributed by atoms with Crippen LogP contribution in [0.25, 0.3) is 0 Å². The first kappa shape index (κ1) is 11.3. The Labute approximate surface area is 86.6 Å². The number of rotatable bonds is 7. The fourth-order valence-electron chi connectivity index (χ4n) is 1.13. The summed E-state index contributed by atoms with van der Waals surface area (Å²) in [4.78, 5) is 20.1. The van der Waals surface area contributed by atoms with Gasteiger partial charge >= 0.3 is 5.97 Å².